The molecule has 0 saturated carbocycles. The molecule has 0 spiro atoms. The van der Waals surface area contributed by atoms with Gasteiger partial charge in [0.25, 0.3) is 5.91 Å². The van der Waals surface area contributed by atoms with Crippen LogP contribution in [0, 0.1) is 0 Å². The molecule has 0 fully saturated rings. The molecule has 0 radical (unpaired) electrons. The number of carbonyl (C=O) groups excluding carboxylic acids is 2. The van der Waals surface area contributed by atoms with Gasteiger partial charge in [-0.1, -0.05) is 30.3 Å². The fourth-order valence-corrected chi connectivity index (χ4v) is 1.08. The Bertz CT molecular complexity index is 334. The summed E-state index contributed by atoms with van der Waals surface area (Å²) in [6.07, 6.45) is -0.992. The first-order valence-electron chi connectivity index (χ1n) is 4.12. The van der Waals surface area contributed by atoms with Crippen LogP contribution in [0.25, 0.3) is 0 Å². The molecule has 1 unspecified atom stereocenters. The van der Waals surface area contributed by atoms with Crippen LogP contribution in [0.1, 0.15) is 18.6 Å². The van der Waals surface area contributed by atoms with Crippen LogP contribution in [0.15, 0.2) is 30.3 Å². The normalized spacial score (nSPS) is 11.8. The highest BCUT2D eigenvalue weighted by atomic mass is 16.5. The second kappa shape index (κ2) is 4.41. The maximum atomic E-state index is 11.0. The van der Waals surface area contributed by atoms with Gasteiger partial charge in [0.1, 0.15) is 0 Å². The van der Waals surface area contributed by atoms with Crippen molar-refractivity contribution in [2.75, 3.05) is 0 Å². The number of amides is 1. The Labute approximate surface area is 81.7 Å². The van der Waals surface area contributed by atoms with Crippen molar-refractivity contribution in [1.82, 2.24) is 0 Å². The first-order chi connectivity index (χ1) is 6.61. The molecular weight excluding hydrogens is 182 g/mol. The smallest absolute Gasteiger partial charge is 0.303 e. The third kappa shape index (κ3) is 2.58. The lowest BCUT2D eigenvalue weighted by Crippen LogP contribution is -2.25. The number of hydrogen-bond donors (Lipinski definition) is 1. The van der Waals surface area contributed by atoms with Gasteiger partial charge in [-0.05, 0) is 0 Å². The zero-order chi connectivity index (χ0) is 10.6. The van der Waals surface area contributed by atoms with Crippen LogP contribution < -0.4 is 5.73 Å². The number of hydrogen-bond acceptors (Lipinski definition) is 3. The molecule has 4 nitrogen and oxygen atoms in total. The minimum absolute atomic E-state index is 0.530. The van der Waals surface area contributed by atoms with Crippen molar-refractivity contribution < 1.29 is 14.3 Å². The summed E-state index contributed by atoms with van der Waals surface area (Å²) in [7, 11) is 0. The molecule has 0 bridgehead atoms. The molecule has 2 N–H and O–H groups in total. The van der Waals surface area contributed by atoms with E-state index in [0.717, 1.165) is 0 Å². The maximum absolute atomic E-state index is 11.0. The second-order valence-corrected chi connectivity index (χ2v) is 2.80. The van der Waals surface area contributed by atoms with Crippen molar-refractivity contribution in [3.63, 3.8) is 0 Å². The Hall–Kier alpha value is -1.84. The van der Waals surface area contributed by atoms with Crippen molar-refractivity contribution in [3.05, 3.63) is 35.9 Å². The summed E-state index contributed by atoms with van der Waals surface area (Å²) < 4.78 is 4.78. The van der Waals surface area contributed by atoms with Gasteiger partial charge in [-0.15, -0.1) is 0 Å². The Kier molecular flexibility index (Phi) is 3.23. The highest BCUT2D eigenvalue weighted by molar-refractivity contribution is 5.83. The first-order valence-corrected chi connectivity index (χ1v) is 4.12. The predicted octanol–water partition coefficient (Wildman–Crippen LogP) is 0.776. The van der Waals surface area contributed by atoms with E-state index in [4.69, 9.17) is 10.5 Å². The van der Waals surface area contributed by atoms with E-state index in [1.807, 2.05) is 0 Å². The molecule has 1 atom stereocenters. The minimum atomic E-state index is -0.992. The summed E-state index contributed by atoms with van der Waals surface area (Å²) >= 11 is 0. The summed E-state index contributed by atoms with van der Waals surface area (Å²) in [6.45, 7) is 1.23. The molecule has 0 aliphatic carbocycles. The maximum Gasteiger partial charge on any atom is 0.303 e. The van der Waals surface area contributed by atoms with Gasteiger partial charge in [0, 0.05) is 12.5 Å². The first kappa shape index (κ1) is 10.2. The van der Waals surface area contributed by atoms with Gasteiger partial charge < -0.3 is 10.5 Å². The molecule has 1 rings (SSSR count). The Balaban J connectivity index is 2.89. The number of esters is 1. The van der Waals surface area contributed by atoms with E-state index in [0.29, 0.717) is 5.56 Å². The van der Waals surface area contributed by atoms with Crippen molar-refractivity contribution in [3.8, 4) is 0 Å². The average Bonchev–Trinajstić information content (AvgIpc) is 2.15. The molecule has 1 amide bonds. The van der Waals surface area contributed by atoms with E-state index in [1.165, 1.54) is 6.92 Å². The number of benzene rings is 1. The lowest BCUT2D eigenvalue weighted by atomic mass is 10.1. The molecule has 0 aliphatic rings. The number of nitrogens with two attached hydrogens (primary N) is 1. The van der Waals surface area contributed by atoms with Crippen molar-refractivity contribution in [2.24, 2.45) is 5.73 Å². The molecule has 1 aromatic carbocycles. The van der Waals surface area contributed by atoms with Crippen molar-refractivity contribution in [1.29, 1.82) is 0 Å². The van der Waals surface area contributed by atoms with Crippen LogP contribution >= 0.6 is 0 Å². The Morgan fingerprint density at radius 1 is 1.29 bits per heavy atom. The summed E-state index contributed by atoms with van der Waals surface area (Å²) in [4.78, 5) is 21.7. The van der Waals surface area contributed by atoms with E-state index >= 15 is 0 Å². The summed E-state index contributed by atoms with van der Waals surface area (Å²) in [6, 6.07) is 8.65. The standard InChI is InChI=1S/C10H11NO3/c1-7(12)14-9(10(11)13)8-5-3-2-4-6-8/h2-6,9H,1H3,(H2,11,13). The van der Waals surface area contributed by atoms with E-state index in [-0.39, 0.29) is 0 Å². The van der Waals surface area contributed by atoms with Gasteiger partial charge >= 0.3 is 5.97 Å². The van der Waals surface area contributed by atoms with Crippen LogP contribution in [0.5, 0.6) is 0 Å². The average molecular weight is 193 g/mol. The highest BCUT2D eigenvalue weighted by Crippen LogP contribution is 2.16. The topological polar surface area (TPSA) is 69.4 Å². The van der Waals surface area contributed by atoms with Gasteiger partial charge in [-0.25, -0.2) is 0 Å². The van der Waals surface area contributed by atoms with Crippen LogP contribution in [0.3, 0.4) is 0 Å². The van der Waals surface area contributed by atoms with E-state index < -0.39 is 18.0 Å². The third-order valence-corrected chi connectivity index (χ3v) is 1.64. The molecule has 1 aromatic rings. The third-order valence-electron chi connectivity index (χ3n) is 1.64. The number of carbonyl (C=O) groups is 2. The summed E-state index contributed by atoms with van der Waals surface area (Å²) in [5.74, 6) is -1.20. The fraction of sp³-hybridized carbons (Fsp3) is 0.200. The number of rotatable bonds is 3. The van der Waals surface area contributed by atoms with Crippen molar-refractivity contribution >= 4 is 11.9 Å². The van der Waals surface area contributed by atoms with Crippen LogP contribution in [0.4, 0.5) is 0 Å². The lowest BCUT2D eigenvalue weighted by Gasteiger charge is -2.13. The quantitative estimate of drug-likeness (QED) is 0.721. The molecule has 14 heavy (non-hydrogen) atoms. The molecule has 0 saturated heterocycles. The molecule has 74 valence electrons. The zero-order valence-corrected chi connectivity index (χ0v) is 7.77. The van der Waals surface area contributed by atoms with E-state index in [1.54, 1.807) is 30.3 Å². The molecule has 0 aromatic heterocycles. The highest BCUT2D eigenvalue weighted by Gasteiger charge is 2.20. The second-order valence-electron chi connectivity index (χ2n) is 2.80. The number of ether oxygens (including phenoxy) is 1. The SMILES string of the molecule is CC(=O)OC(C(N)=O)c1ccccc1. The minimum Gasteiger partial charge on any atom is -0.447 e. The van der Waals surface area contributed by atoms with Crippen LogP contribution in [-0.4, -0.2) is 11.9 Å². The molecule has 4 heteroatoms. The predicted molar refractivity (Wildman–Crippen MR) is 50.1 cm³/mol. The van der Waals surface area contributed by atoms with Gasteiger partial charge in [-0.3, -0.25) is 9.59 Å². The van der Waals surface area contributed by atoms with Gasteiger partial charge in [-0.2, -0.15) is 0 Å². The van der Waals surface area contributed by atoms with Crippen molar-refractivity contribution in [2.45, 2.75) is 13.0 Å². The van der Waals surface area contributed by atoms with E-state index in [9.17, 15) is 9.59 Å². The molecule has 0 heterocycles. The molecule has 0 aliphatic heterocycles. The Morgan fingerprint density at radius 3 is 2.29 bits per heavy atom. The number of primary amides is 1. The van der Waals surface area contributed by atoms with Crippen LogP contribution in [-0.2, 0) is 14.3 Å². The van der Waals surface area contributed by atoms with Gasteiger partial charge in [0.15, 0.2) is 0 Å². The van der Waals surface area contributed by atoms with E-state index in [2.05, 4.69) is 0 Å². The zero-order valence-electron chi connectivity index (χ0n) is 7.77. The van der Waals surface area contributed by atoms with Crippen LogP contribution in [0.2, 0.25) is 0 Å². The van der Waals surface area contributed by atoms with Gasteiger partial charge in [0.2, 0.25) is 6.10 Å². The monoisotopic (exact) mass is 193 g/mol. The Morgan fingerprint density at radius 2 is 1.86 bits per heavy atom. The largest absolute Gasteiger partial charge is 0.447 e. The fourth-order valence-electron chi connectivity index (χ4n) is 1.08. The van der Waals surface area contributed by atoms with Gasteiger partial charge in [0.05, 0.1) is 0 Å². The summed E-state index contributed by atoms with van der Waals surface area (Å²) in [5.41, 5.74) is 5.68. The molecular formula is C10H11NO3. The lowest BCUT2D eigenvalue weighted by molar-refractivity contribution is -0.153. The summed E-state index contributed by atoms with van der Waals surface area (Å²) in [5, 5.41) is 0.